The van der Waals surface area contributed by atoms with E-state index in [4.69, 9.17) is 4.74 Å². The van der Waals surface area contributed by atoms with Crippen LogP contribution in [-0.2, 0) is 24.3 Å². The zero-order chi connectivity index (χ0) is 19.9. The van der Waals surface area contributed by atoms with Crippen LogP contribution in [0.15, 0.2) is 29.2 Å². The van der Waals surface area contributed by atoms with E-state index in [0.717, 1.165) is 0 Å². The van der Waals surface area contributed by atoms with E-state index in [1.165, 1.54) is 42.4 Å². The molecule has 1 aromatic rings. The van der Waals surface area contributed by atoms with Gasteiger partial charge in [-0.05, 0) is 24.3 Å². The van der Waals surface area contributed by atoms with Crippen molar-refractivity contribution in [3.63, 3.8) is 0 Å². The minimum Gasteiger partial charge on any atom is -0.497 e. The molecule has 1 heterocycles. The number of hydrogen-bond acceptors (Lipinski definition) is 7. The van der Waals surface area contributed by atoms with Crippen LogP contribution in [0, 0.1) is 0 Å². The molecule has 0 atom stereocenters. The molecule has 1 aliphatic heterocycles. The minimum atomic E-state index is -3.59. The number of methoxy groups -OCH3 is 2. The van der Waals surface area contributed by atoms with Crippen LogP contribution in [0.5, 0.6) is 5.75 Å². The molecule has 27 heavy (non-hydrogen) atoms. The van der Waals surface area contributed by atoms with Gasteiger partial charge in [0, 0.05) is 38.4 Å². The van der Waals surface area contributed by atoms with Crippen LogP contribution in [-0.4, -0.2) is 81.4 Å². The Balaban J connectivity index is 1.83. The van der Waals surface area contributed by atoms with Gasteiger partial charge in [0.1, 0.15) is 5.75 Å². The van der Waals surface area contributed by atoms with Crippen molar-refractivity contribution in [3.8, 4) is 5.75 Å². The van der Waals surface area contributed by atoms with Crippen LogP contribution in [0.2, 0.25) is 0 Å². The van der Waals surface area contributed by atoms with Crippen molar-refractivity contribution >= 4 is 33.7 Å². The van der Waals surface area contributed by atoms with Crippen LogP contribution in [0.25, 0.3) is 0 Å². The summed E-state index contributed by atoms with van der Waals surface area (Å²) in [7, 11) is -0.737. The summed E-state index contributed by atoms with van der Waals surface area (Å²) >= 11 is 1.34. The molecule has 8 nitrogen and oxygen atoms in total. The second-order valence-corrected chi connectivity index (χ2v) is 8.88. The molecule has 0 unspecified atom stereocenters. The van der Waals surface area contributed by atoms with Gasteiger partial charge in [-0.3, -0.25) is 9.59 Å². The summed E-state index contributed by atoms with van der Waals surface area (Å²) in [5.74, 6) is 0.990. The van der Waals surface area contributed by atoms with E-state index in [0.29, 0.717) is 31.0 Å². The SMILES string of the molecule is COC(=O)CSCCC(=O)N1CCN(S(=O)(=O)c2ccc(OC)cc2)CC1. The normalized spacial score (nSPS) is 15.4. The molecular weight excluding hydrogens is 392 g/mol. The fraction of sp³-hybridized carbons (Fsp3) is 0.529. The second-order valence-electron chi connectivity index (χ2n) is 5.84. The van der Waals surface area contributed by atoms with Crippen molar-refractivity contribution in [1.82, 2.24) is 9.21 Å². The van der Waals surface area contributed by atoms with E-state index < -0.39 is 10.0 Å². The molecule has 0 saturated carbocycles. The number of thioether (sulfide) groups is 1. The van der Waals surface area contributed by atoms with E-state index in [-0.39, 0.29) is 35.6 Å². The molecule has 1 aliphatic rings. The van der Waals surface area contributed by atoms with Crippen molar-refractivity contribution < 1.29 is 27.5 Å². The molecule has 1 saturated heterocycles. The zero-order valence-electron chi connectivity index (χ0n) is 15.4. The van der Waals surface area contributed by atoms with Gasteiger partial charge in [0.05, 0.1) is 24.9 Å². The number of esters is 1. The molecule has 1 aromatic carbocycles. The van der Waals surface area contributed by atoms with Gasteiger partial charge in [0.2, 0.25) is 15.9 Å². The molecule has 0 N–H and O–H groups in total. The van der Waals surface area contributed by atoms with Gasteiger partial charge in [-0.2, -0.15) is 4.31 Å². The smallest absolute Gasteiger partial charge is 0.315 e. The van der Waals surface area contributed by atoms with Gasteiger partial charge >= 0.3 is 5.97 Å². The Morgan fingerprint density at radius 1 is 1.07 bits per heavy atom. The predicted octanol–water partition coefficient (Wildman–Crippen LogP) is 0.824. The molecule has 0 aromatic heterocycles. The van der Waals surface area contributed by atoms with E-state index in [2.05, 4.69) is 4.74 Å². The standard InChI is InChI=1S/C17H24N2O6S2/c1-24-14-3-5-15(6-4-14)27(22,23)19-10-8-18(9-11-19)16(20)7-12-26-13-17(21)25-2/h3-6H,7-13H2,1-2H3. The highest BCUT2D eigenvalue weighted by Gasteiger charge is 2.29. The number of benzene rings is 1. The first-order chi connectivity index (χ1) is 12.9. The Hall–Kier alpha value is -1.78. The minimum absolute atomic E-state index is 0.0335. The van der Waals surface area contributed by atoms with Crippen LogP contribution in [0.4, 0.5) is 0 Å². The van der Waals surface area contributed by atoms with Crippen LogP contribution >= 0.6 is 11.8 Å². The van der Waals surface area contributed by atoms with E-state index in [1.807, 2.05) is 0 Å². The number of carbonyl (C=O) groups excluding carboxylic acids is 2. The maximum atomic E-state index is 12.7. The first-order valence-corrected chi connectivity index (χ1v) is 11.0. The van der Waals surface area contributed by atoms with E-state index >= 15 is 0 Å². The fourth-order valence-corrected chi connectivity index (χ4v) is 4.78. The predicted molar refractivity (Wildman–Crippen MR) is 102 cm³/mol. The zero-order valence-corrected chi connectivity index (χ0v) is 17.1. The highest BCUT2D eigenvalue weighted by Crippen LogP contribution is 2.21. The molecule has 10 heteroatoms. The van der Waals surface area contributed by atoms with E-state index in [1.54, 1.807) is 17.0 Å². The van der Waals surface area contributed by atoms with Gasteiger partial charge in [-0.1, -0.05) is 0 Å². The number of piperazine rings is 1. The summed E-state index contributed by atoms with van der Waals surface area (Å²) in [5, 5.41) is 0. The first-order valence-electron chi connectivity index (χ1n) is 8.45. The fourth-order valence-electron chi connectivity index (χ4n) is 2.61. The number of ether oxygens (including phenoxy) is 2. The molecule has 1 fully saturated rings. The molecule has 150 valence electrons. The largest absolute Gasteiger partial charge is 0.497 e. The van der Waals surface area contributed by atoms with Gasteiger partial charge in [-0.15, -0.1) is 11.8 Å². The number of carbonyl (C=O) groups is 2. The molecule has 0 aliphatic carbocycles. The highest BCUT2D eigenvalue weighted by molar-refractivity contribution is 7.99. The quantitative estimate of drug-likeness (QED) is 0.458. The third-order valence-corrected chi connectivity index (χ3v) is 7.04. The van der Waals surface area contributed by atoms with Gasteiger partial charge in [0.15, 0.2) is 0 Å². The van der Waals surface area contributed by atoms with Gasteiger partial charge < -0.3 is 14.4 Å². The second kappa shape index (κ2) is 9.95. The summed E-state index contributed by atoms with van der Waals surface area (Å²) in [6.45, 7) is 1.23. The summed E-state index contributed by atoms with van der Waals surface area (Å²) in [6, 6.07) is 6.26. The Morgan fingerprint density at radius 3 is 2.26 bits per heavy atom. The number of sulfonamides is 1. The van der Waals surface area contributed by atoms with E-state index in [9.17, 15) is 18.0 Å². The third kappa shape index (κ3) is 5.85. The summed E-state index contributed by atoms with van der Waals surface area (Å²) in [4.78, 5) is 25.1. The Bertz CT molecular complexity index is 743. The van der Waals surface area contributed by atoms with Crippen LogP contribution < -0.4 is 4.74 Å². The molecule has 0 radical (unpaired) electrons. The third-order valence-electron chi connectivity index (χ3n) is 4.20. The first kappa shape index (κ1) is 21.5. The summed E-state index contributed by atoms with van der Waals surface area (Å²) < 4.78 is 36.4. The topological polar surface area (TPSA) is 93.2 Å². The lowest BCUT2D eigenvalue weighted by atomic mass is 10.3. The lowest BCUT2D eigenvalue weighted by Gasteiger charge is -2.34. The average molecular weight is 417 g/mol. The van der Waals surface area contributed by atoms with Crippen molar-refractivity contribution in [1.29, 1.82) is 0 Å². The molecular formula is C17H24N2O6S2. The lowest BCUT2D eigenvalue weighted by molar-refractivity contribution is -0.137. The lowest BCUT2D eigenvalue weighted by Crippen LogP contribution is -2.50. The number of amides is 1. The van der Waals surface area contributed by atoms with Crippen molar-refractivity contribution in [2.24, 2.45) is 0 Å². The number of nitrogens with zero attached hydrogens (tertiary/aromatic N) is 2. The van der Waals surface area contributed by atoms with Crippen LogP contribution in [0.1, 0.15) is 6.42 Å². The monoisotopic (exact) mass is 416 g/mol. The Morgan fingerprint density at radius 2 is 1.70 bits per heavy atom. The molecule has 0 spiro atoms. The number of rotatable bonds is 8. The van der Waals surface area contributed by atoms with Gasteiger partial charge in [0.25, 0.3) is 0 Å². The van der Waals surface area contributed by atoms with Crippen molar-refractivity contribution in [2.75, 3.05) is 51.9 Å². The maximum absolute atomic E-state index is 12.7. The van der Waals surface area contributed by atoms with Gasteiger partial charge in [-0.25, -0.2) is 8.42 Å². The average Bonchev–Trinajstić information content (AvgIpc) is 2.70. The number of hydrogen-bond donors (Lipinski definition) is 0. The Labute approximate surface area is 163 Å². The summed E-state index contributed by atoms with van der Waals surface area (Å²) in [5.41, 5.74) is 0. The van der Waals surface area contributed by atoms with Crippen molar-refractivity contribution in [2.45, 2.75) is 11.3 Å². The molecule has 1 amide bonds. The molecule has 0 bridgehead atoms. The van der Waals surface area contributed by atoms with Crippen LogP contribution in [0.3, 0.4) is 0 Å². The van der Waals surface area contributed by atoms with Crippen molar-refractivity contribution in [3.05, 3.63) is 24.3 Å². The molecule has 2 rings (SSSR count). The summed E-state index contributed by atoms with van der Waals surface area (Å²) in [6.07, 6.45) is 0.312. The maximum Gasteiger partial charge on any atom is 0.315 e. The highest BCUT2D eigenvalue weighted by atomic mass is 32.2. The Kier molecular flexibility index (Phi) is 7.93.